The Hall–Kier alpha value is -3.70. The minimum Gasteiger partial charge on any atom is -0.462 e. The normalized spacial score (nSPS) is 13.1. The summed E-state index contributed by atoms with van der Waals surface area (Å²) in [6.07, 6.45) is 90.3. The molecule has 5 nitrogen and oxygen atoms in total. The summed E-state index contributed by atoms with van der Waals surface area (Å²) in [5.41, 5.74) is 0. The van der Waals surface area contributed by atoms with Crippen LogP contribution < -0.4 is 0 Å². The molecule has 5 heteroatoms. The van der Waals surface area contributed by atoms with Gasteiger partial charge >= 0.3 is 11.9 Å². The third kappa shape index (κ3) is 58.9. The fraction of sp³-hybridized carbons (Fsp3) is 0.672. The summed E-state index contributed by atoms with van der Waals surface area (Å²) in [7, 11) is 0. The number of carbonyl (C=O) groups excluding carboxylic acids is 2. The number of allylic oxidation sites excluding steroid dienone is 20. The number of aliphatic hydroxyl groups is 1. The minimum absolute atomic E-state index is 0.0767. The molecule has 0 fully saturated rings. The lowest BCUT2D eigenvalue weighted by molar-refractivity contribution is -0.161. The molecule has 0 rings (SSSR count). The summed E-state index contributed by atoms with van der Waals surface area (Å²) < 4.78 is 10.7. The van der Waals surface area contributed by atoms with Crippen molar-refractivity contribution in [3.63, 3.8) is 0 Å². The van der Waals surface area contributed by atoms with Crippen molar-refractivity contribution in [2.45, 2.75) is 277 Å². The lowest BCUT2D eigenvalue weighted by Gasteiger charge is -2.15. The van der Waals surface area contributed by atoms with E-state index < -0.39 is 6.10 Å². The molecule has 0 bridgehead atoms. The van der Waals surface area contributed by atoms with Gasteiger partial charge in [-0.25, -0.2) is 0 Å². The van der Waals surface area contributed by atoms with Crippen LogP contribution in [0.5, 0.6) is 0 Å². The molecule has 0 aromatic rings. The van der Waals surface area contributed by atoms with E-state index in [1.807, 2.05) is 0 Å². The molecule has 0 radical (unpaired) electrons. The van der Waals surface area contributed by atoms with Crippen molar-refractivity contribution in [3.05, 3.63) is 122 Å². The van der Waals surface area contributed by atoms with Gasteiger partial charge < -0.3 is 14.6 Å². The SMILES string of the molecule is CC/C=C\C/C=C\C/C=C\C/C=C\C/C=C\C/C=C\C/C=C\CCCCCCCCCC(=O)OC(CO)COC(=O)CCCCCCCCCCCCCCCC/C=C\C/C=C\C/C=C\CCCCCCC. The Morgan fingerprint density at radius 2 is 0.597 bits per heavy atom. The average Bonchev–Trinajstić information content (AvgIpc) is 3.38. The first-order valence-electron chi connectivity index (χ1n) is 30.1. The molecule has 0 amide bonds. The topological polar surface area (TPSA) is 72.8 Å². The maximum absolute atomic E-state index is 12.3. The third-order valence-electron chi connectivity index (χ3n) is 12.7. The maximum Gasteiger partial charge on any atom is 0.306 e. The first kappa shape index (κ1) is 68.3. The van der Waals surface area contributed by atoms with E-state index in [1.165, 1.54) is 141 Å². The van der Waals surface area contributed by atoms with Gasteiger partial charge in [-0.2, -0.15) is 0 Å². The fourth-order valence-corrected chi connectivity index (χ4v) is 8.25. The predicted octanol–water partition coefficient (Wildman–Crippen LogP) is 20.6. The van der Waals surface area contributed by atoms with E-state index in [0.717, 1.165) is 103 Å². The molecule has 0 heterocycles. The van der Waals surface area contributed by atoms with Gasteiger partial charge in [0, 0.05) is 12.8 Å². The van der Waals surface area contributed by atoms with Crippen molar-refractivity contribution in [1.82, 2.24) is 0 Å². The number of rotatable bonds is 54. The molecule has 0 aromatic carbocycles. The number of hydrogen-bond acceptors (Lipinski definition) is 5. The summed E-state index contributed by atoms with van der Waals surface area (Å²) in [4.78, 5) is 24.6. The van der Waals surface area contributed by atoms with Crippen LogP contribution in [-0.4, -0.2) is 36.4 Å². The largest absolute Gasteiger partial charge is 0.462 e. The van der Waals surface area contributed by atoms with Crippen LogP contribution in [0.1, 0.15) is 271 Å². The zero-order chi connectivity index (χ0) is 52.0. The summed E-state index contributed by atoms with van der Waals surface area (Å²) in [6.45, 7) is 4.02. The molecule has 0 aliphatic heterocycles. The van der Waals surface area contributed by atoms with Crippen LogP contribution in [0.25, 0.3) is 0 Å². The molecule has 1 unspecified atom stereocenters. The van der Waals surface area contributed by atoms with Crippen molar-refractivity contribution in [2.75, 3.05) is 13.2 Å². The van der Waals surface area contributed by atoms with Crippen molar-refractivity contribution < 1.29 is 24.2 Å². The molecule has 0 aliphatic rings. The summed E-state index contributed by atoms with van der Waals surface area (Å²) >= 11 is 0. The first-order chi connectivity index (χ1) is 35.6. The highest BCUT2D eigenvalue weighted by molar-refractivity contribution is 5.70. The van der Waals surface area contributed by atoms with Crippen LogP contribution in [0.2, 0.25) is 0 Å². The van der Waals surface area contributed by atoms with Crippen LogP contribution in [0.15, 0.2) is 122 Å². The molecule has 1 N–H and O–H groups in total. The van der Waals surface area contributed by atoms with Crippen molar-refractivity contribution in [2.24, 2.45) is 0 Å². The highest BCUT2D eigenvalue weighted by Gasteiger charge is 2.16. The van der Waals surface area contributed by atoms with Gasteiger partial charge in [-0.3, -0.25) is 9.59 Å². The van der Waals surface area contributed by atoms with Gasteiger partial charge in [-0.05, 0) is 109 Å². The van der Waals surface area contributed by atoms with E-state index in [1.54, 1.807) is 0 Å². The van der Waals surface area contributed by atoms with E-state index in [0.29, 0.717) is 12.8 Å². The number of ether oxygens (including phenoxy) is 2. The van der Waals surface area contributed by atoms with Gasteiger partial charge in [0.25, 0.3) is 0 Å². The van der Waals surface area contributed by atoms with Crippen molar-refractivity contribution >= 4 is 11.9 Å². The summed E-state index contributed by atoms with van der Waals surface area (Å²) in [6, 6.07) is 0. The van der Waals surface area contributed by atoms with Gasteiger partial charge in [0.15, 0.2) is 6.10 Å². The van der Waals surface area contributed by atoms with Crippen LogP contribution in [0.4, 0.5) is 0 Å². The molecule has 0 aliphatic carbocycles. The highest BCUT2D eigenvalue weighted by atomic mass is 16.6. The first-order valence-corrected chi connectivity index (χ1v) is 30.1. The zero-order valence-electron chi connectivity index (χ0n) is 46.9. The molecule has 0 saturated heterocycles. The van der Waals surface area contributed by atoms with E-state index >= 15 is 0 Å². The van der Waals surface area contributed by atoms with Gasteiger partial charge in [-0.15, -0.1) is 0 Å². The Bertz CT molecular complexity index is 1450. The average molecular weight is 998 g/mol. The minimum atomic E-state index is -0.788. The summed E-state index contributed by atoms with van der Waals surface area (Å²) in [5.74, 6) is -0.605. The van der Waals surface area contributed by atoms with Gasteiger partial charge in [-0.1, -0.05) is 270 Å². The van der Waals surface area contributed by atoms with Crippen molar-refractivity contribution in [1.29, 1.82) is 0 Å². The molecular weight excluding hydrogens is 885 g/mol. The molecule has 1 atom stereocenters. The third-order valence-corrected chi connectivity index (χ3v) is 12.7. The molecule has 0 aromatic heterocycles. The lowest BCUT2D eigenvalue weighted by atomic mass is 10.0. The van der Waals surface area contributed by atoms with Gasteiger partial charge in [0.05, 0.1) is 6.61 Å². The second-order valence-corrected chi connectivity index (χ2v) is 19.7. The van der Waals surface area contributed by atoms with Crippen LogP contribution in [-0.2, 0) is 19.1 Å². The highest BCUT2D eigenvalue weighted by Crippen LogP contribution is 2.15. The smallest absolute Gasteiger partial charge is 0.306 e. The second kappa shape index (κ2) is 61.6. The standard InChI is InChI=1S/C67H112O5/c1-3-5-7-9-11-13-15-17-19-21-23-25-27-29-31-33-35-37-39-41-43-45-47-49-51-53-55-57-59-61-66(69)71-64-65(63-68)72-67(70)62-60-58-56-54-52-50-48-46-44-42-40-38-36-34-32-30-28-26-24-22-20-18-16-14-12-10-8-6-4-2/h6,8,12,14-15,17-18,20-21,23-24,26-27,29-30,32,36,38,42,44,65,68H,3-5,7,9-11,13,16,19,22,25,28,31,33-35,37,39-41,43,45-64H2,1-2H3/b8-6-,14-12-,17-15-,20-18-,23-21-,26-24-,29-27-,32-30-,38-36-,44-42-. The van der Waals surface area contributed by atoms with E-state index in [-0.39, 0.29) is 25.2 Å². The van der Waals surface area contributed by atoms with Crippen LogP contribution in [0, 0.1) is 0 Å². The zero-order valence-corrected chi connectivity index (χ0v) is 46.9. The number of unbranched alkanes of at least 4 members (excludes halogenated alkanes) is 26. The van der Waals surface area contributed by atoms with Gasteiger partial charge in [0.2, 0.25) is 0 Å². The van der Waals surface area contributed by atoms with Crippen LogP contribution >= 0.6 is 0 Å². The number of aliphatic hydroxyl groups excluding tert-OH is 1. The molecule has 410 valence electrons. The van der Waals surface area contributed by atoms with E-state index in [9.17, 15) is 14.7 Å². The maximum atomic E-state index is 12.3. The Balaban J connectivity index is 3.55. The fourth-order valence-electron chi connectivity index (χ4n) is 8.25. The number of hydrogen-bond donors (Lipinski definition) is 1. The molecule has 0 spiro atoms. The Labute approximate surface area is 445 Å². The van der Waals surface area contributed by atoms with Gasteiger partial charge in [0.1, 0.15) is 6.61 Å². The summed E-state index contributed by atoms with van der Waals surface area (Å²) in [5, 5.41) is 9.67. The monoisotopic (exact) mass is 997 g/mol. The Kier molecular flexibility index (Phi) is 58.4. The van der Waals surface area contributed by atoms with Crippen LogP contribution in [0.3, 0.4) is 0 Å². The Morgan fingerprint density at radius 3 is 0.903 bits per heavy atom. The second-order valence-electron chi connectivity index (χ2n) is 19.7. The quantitative estimate of drug-likeness (QED) is 0.0373. The van der Waals surface area contributed by atoms with Crippen molar-refractivity contribution in [3.8, 4) is 0 Å². The molecule has 72 heavy (non-hydrogen) atoms. The lowest BCUT2D eigenvalue weighted by Crippen LogP contribution is -2.28. The Morgan fingerprint density at radius 1 is 0.333 bits per heavy atom. The van der Waals surface area contributed by atoms with E-state index in [4.69, 9.17) is 9.47 Å². The number of carbonyl (C=O) groups is 2. The van der Waals surface area contributed by atoms with E-state index in [2.05, 4.69) is 135 Å². The number of esters is 2. The molecule has 0 saturated carbocycles. The molecular formula is C67H112O5. The predicted molar refractivity (Wildman–Crippen MR) is 315 cm³/mol.